The molecule has 3 nitrogen and oxygen atoms in total. The number of halogens is 1. The highest BCUT2D eigenvalue weighted by Gasteiger charge is 2.24. The van der Waals surface area contributed by atoms with Crippen molar-refractivity contribution in [3.63, 3.8) is 0 Å². The Morgan fingerprint density at radius 3 is 2.89 bits per heavy atom. The summed E-state index contributed by atoms with van der Waals surface area (Å²) >= 11 is 0. The quantitative estimate of drug-likeness (QED) is 0.790. The molecule has 3 rings (SSSR count). The normalized spacial score (nSPS) is 14.2. The zero-order chi connectivity index (χ0) is 13.2. The molecule has 0 spiro atoms. The second-order valence-electron chi connectivity index (χ2n) is 4.53. The molecule has 1 heterocycles. The number of ketones is 1. The zero-order valence-corrected chi connectivity index (χ0v) is 10.2. The summed E-state index contributed by atoms with van der Waals surface area (Å²) in [4.78, 5) is 15.8. The van der Waals surface area contributed by atoms with E-state index in [-0.39, 0.29) is 17.5 Å². The molecule has 1 aliphatic carbocycles. The molecule has 19 heavy (non-hydrogen) atoms. The van der Waals surface area contributed by atoms with Gasteiger partial charge in [-0.1, -0.05) is 12.1 Å². The molecule has 2 aromatic rings. The summed E-state index contributed by atoms with van der Waals surface area (Å²) in [5.41, 5.74) is 0.446. The zero-order valence-electron chi connectivity index (χ0n) is 10.2. The van der Waals surface area contributed by atoms with Gasteiger partial charge in [0.05, 0.1) is 17.9 Å². The fraction of sp³-hybridized carbons (Fsp3) is 0.200. The molecule has 0 radical (unpaired) electrons. The molecule has 0 amide bonds. The van der Waals surface area contributed by atoms with Gasteiger partial charge in [0, 0.05) is 11.8 Å². The van der Waals surface area contributed by atoms with Crippen LogP contribution < -0.4 is 4.74 Å². The van der Waals surface area contributed by atoms with Gasteiger partial charge in [-0.05, 0) is 31.0 Å². The van der Waals surface area contributed by atoms with Crippen LogP contribution in [0.1, 0.15) is 28.8 Å². The van der Waals surface area contributed by atoms with Crippen LogP contribution in [0.4, 0.5) is 4.39 Å². The van der Waals surface area contributed by atoms with E-state index in [2.05, 4.69) is 4.98 Å². The van der Waals surface area contributed by atoms with Crippen molar-refractivity contribution in [2.45, 2.75) is 18.9 Å². The molecular formula is C15H12FNO2. The van der Waals surface area contributed by atoms with E-state index in [1.165, 1.54) is 12.3 Å². The van der Waals surface area contributed by atoms with E-state index in [0.717, 1.165) is 19.0 Å². The van der Waals surface area contributed by atoms with Crippen LogP contribution in [0.2, 0.25) is 0 Å². The van der Waals surface area contributed by atoms with Crippen LogP contribution in [0.25, 0.3) is 0 Å². The summed E-state index contributed by atoms with van der Waals surface area (Å²) in [6.45, 7) is 0. The minimum Gasteiger partial charge on any atom is -0.490 e. The van der Waals surface area contributed by atoms with Crippen molar-refractivity contribution < 1.29 is 13.9 Å². The van der Waals surface area contributed by atoms with E-state index in [4.69, 9.17) is 4.74 Å². The van der Waals surface area contributed by atoms with Crippen LogP contribution in [0.15, 0.2) is 42.7 Å². The molecule has 96 valence electrons. The lowest BCUT2D eigenvalue weighted by Crippen LogP contribution is -2.05. The number of ether oxygens (including phenoxy) is 1. The molecule has 0 atom stereocenters. The highest BCUT2D eigenvalue weighted by atomic mass is 19.1. The fourth-order valence-electron chi connectivity index (χ4n) is 1.80. The Bertz CT molecular complexity index is 623. The molecule has 0 unspecified atom stereocenters. The Hall–Kier alpha value is -2.23. The number of benzene rings is 1. The van der Waals surface area contributed by atoms with Gasteiger partial charge in [0.15, 0.2) is 11.6 Å². The first-order valence-corrected chi connectivity index (χ1v) is 6.15. The highest BCUT2D eigenvalue weighted by Crippen LogP contribution is 2.27. The van der Waals surface area contributed by atoms with Crippen LogP contribution in [-0.4, -0.2) is 16.9 Å². The number of rotatable bonds is 4. The van der Waals surface area contributed by atoms with E-state index < -0.39 is 5.82 Å². The third-order valence-corrected chi connectivity index (χ3v) is 2.94. The minimum absolute atomic E-state index is 0.0265. The monoisotopic (exact) mass is 257 g/mol. The Labute approximate surface area is 110 Å². The van der Waals surface area contributed by atoms with Gasteiger partial charge in [-0.2, -0.15) is 0 Å². The third-order valence-electron chi connectivity index (χ3n) is 2.94. The van der Waals surface area contributed by atoms with Crippen molar-refractivity contribution in [2.75, 3.05) is 0 Å². The van der Waals surface area contributed by atoms with Crippen molar-refractivity contribution in [2.24, 2.45) is 0 Å². The van der Waals surface area contributed by atoms with Gasteiger partial charge in [-0.25, -0.2) is 4.39 Å². The average Bonchev–Trinajstić information content (AvgIpc) is 3.23. The van der Waals surface area contributed by atoms with Crippen molar-refractivity contribution in [3.05, 3.63) is 59.7 Å². The summed E-state index contributed by atoms with van der Waals surface area (Å²) in [6, 6.07) is 8.23. The predicted molar refractivity (Wildman–Crippen MR) is 67.7 cm³/mol. The summed E-state index contributed by atoms with van der Waals surface area (Å²) < 4.78 is 19.2. The Balaban J connectivity index is 1.88. The first-order chi connectivity index (χ1) is 9.24. The molecule has 1 saturated carbocycles. The van der Waals surface area contributed by atoms with Gasteiger partial charge in [-0.15, -0.1) is 0 Å². The lowest BCUT2D eigenvalue weighted by Gasteiger charge is -2.06. The predicted octanol–water partition coefficient (Wildman–Crippen LogP) is 2.99. The number of aromatic nitrogens is 1. The van der Waals surface area contributed by atoms with Gasteiger partial charge < -0.3 is 4.74 Å². The first kappa shape index (κ1) is 11.8. The standard InChI is InChI=1S/C15H12FNO2/c16-14-9-17-7-6-13(14)15(18)10-2-1-3-12(8-10)19-11-4-5-11/h1-3,6-9,11H,4-5H2. The van der Waals surface area contributed by atoms with Crippen LogP contribution in [0, 0.1) is 5.82 Å². The fourth-order valence-corrected chi connectivity index (χ4v) is 1.80. The van der Waals surface area contributed by atoms with E-state index in [9.17, 15) is 9.18 Å². The molecule has 0 bridgehead atoms. The Kier molecular flexibility index (Phi) is 2.99. The summed E-state index contributed by atoms with van der Waals surface area (Å²) in [5, 5.41) is 0. The maximum absolute atomic E-state index is 13.5. The average molecular weight is 257 g/mol. The first-order valence-electron chi connectivity index (χ1n) is 6.15. The van der Waals surface area contributed by atoms with Gasteiger partial charge in [0.2, 0.25) is 0 Å². The van der Waals surface area contributed by atoms with Crippen LogP contribution >= 0.6 is 0 Å². The third kappa shape index (κ3) is 2.62. The molecule has 4 heteroatoms. The summed E-state index contributed by atoms with van der Waals surface area (Å²) in [5.74, 6) is -0.315. The lowest BCUT2D eigenvalue weighted by atomic mass is 10.0. The SMILES string of the molecule is O=C(c1cccc(OC2CC2)c1)c1ccncc1F. The maximum Gasteiger partial charge on any atom is 0.196 e. The van der Waals surface area contributed by atoms with Crippen LogP contribution in [0.3, 0.4) is 0 Å². The smallest absolute Gasteiger partial charge is 0.196 e. The molecular weight excluding hydrogens is 245 g/mol. The van der Waals surface area contributed by atoms with E-state index in [1.807, 2.05) is 0 Å². The molecule has 1 aromatic heterocycles. The number of carbonyl (C=O) groups excluding carboxylic acids is 1. The van der Waals surface area contributed by atoms with Crippen molar-refractivity contribution in [3.8, 4) is 5.75 Å². The minimum atomic E-state index is -0.610. The maximum atomic E-state index is 13.5. The van der Waals surface area contributed by atoms with Gasteiger partial charge in [0.25, 0.3) is 0 Å². The molecule has 1 aromatic carbocycles. The Morgan fingerprint density at radius 2 is 2.16 bits per heavy atom. The second-order valence-corrected chi connectivity index (χ2v) is 4.53. The number of nitrogens with zero attached hydrogens (tertiary/aromatic N) is 1. The van der Waals surface area contributed by atoms with Crippen molar-refractivity contribution >= 4 is 5.78 Å². The van der Waals surface area contributed by atoms with Gasteiger partial charge in [-0.3, -0.25) is 9.78 Å². The topological polar surface area (TPSA) is 39.2 Å². The lowest BCUT2D eigenvalue weighted by molar-refractivity contribution is 0.103. The molecule has 1 fully saturated rings. The Morgan fingerprint density at radius 1 is 1.32 bits per heavy atom. The number of hydrogen-bond acceptors (Lipinski definition) is 3. The molecule has 1 aliphatic rings. The van der Waals surface area contributed by atoms with Crippen LogP contribution in [-0.2, 0) is 0 Å². The van der Waals surface area contributed by atoms with Crippen LogP contribution in [0.5, 0.6) is 5.75 Å². The molecule has 0 saturated heterocycles. The van der Waals surface area contributed by atoms with E-state index in [0.29, 0.717) is 11.3 Å². The van der Waals surface area contributed by atoms with E-state index in [1.54, 1.807) is 24.3 Å². The summed E-state index contributed by atoms with van der Waals surface area (Å²) in [7, 11) is 0. The number of carbonyl (C=O) groups is 1. The summed E-state index contributed by atoms with van der Waals surface area (Å²) in [6.07, 6.45) is 4.82. The van der Waals surface area contributed by atoms with Gasteiger partial charge >= 0.3 is 0 Å². The van der Waals surface area contributed by atoms with Crippen molar-refractivity contribution in [1.29, 1.82) is 0 Å². The second kappa shape index (κ2) is 4.80. The van der Waals surface area contributed by atoms with Gasteiger partial charge in [0.1, 0.15) is 5.75 Å². The van der Waals surface area contributed by atoms with Crippen molar-refractivity contribution in [1.82, 2.24) is 4.98 Å². The molecule has 0 aliphatic heterocycles. The highest BCUT2D eigenvalue weighted by molar-refractivity contribution is 6.09. The number of pyridine rings is 1. The molecule has 0 N–H and O–H groups in total. The number of hydrogen-bond donors (Lipinski definition) is 0. The van der Waals surface area contributed by atoms with E-state index >= 15 is 0 Å². The largest absolute Gasteiger partial charge is 0.490 e.